The van der Waals surface area contributed by atoms with Crippen LogP contribution >= 0.6 is 11.6 Å². The molecule has 0 radical (unpaired) electrons. The lowest BCUT2D eigenvalue weighted by Crippen LogP contribution is -2.31. The van der Waals surface area contributed by atoms with Crippen molar-refractivity contribution in [2.24, 2.45) is 0 Å². The number of benzene rings is 2. The summed E-state index contributed by atoms with van der Waals surface area (Å²) in [5, 5.41) is 0.495. The average molecular weight is 382 g/mol. The summed E-state index contributed by atoms with van der Waals surface area (Å²) in [6, 6.07) is 9.57. The van der Waals surface area contributed by atoms with Crippen LogP contribution in [0.2, 0.25) is 5.02 Å². The number of methoxy groups -OCH3 is 2. The van der Waals surface area contributed by atoms with Crippen LogP contribution < -0.4 is 13.8 Å². The van der Waals surface area contributed by atoms with E-state index in [9.17, 15) is 8.42 Å². The van der Waals surface area contributed by atoms with E-state index in [-0.39, 0.29) is 11.4 Å². The largest absolute Gasteiger partial charge is 0.493 e. The Morgan fingerprint density at radius 3 is 2.36 bits per heavy atom. The van der Waals surface area contributed by atoms with E-state index in [1.54, 1.807) is 24.3 Å². The van der Waals surface area contributed by atoms with Crippen LogP contribution in [0.4, 0.5) is 5.69 Å². The van der Waals surface area contributed by atoms with Crippen molar-refractivity contribution >= 4 is 27.3 Å². The number of hydrogen-bond acceptors (Lipinski definition) is 4. The van der Waals surface area contributed by atoms with Crippen molar-refractivity contribution < 1.29 is 17.9 Å². The minimum Gasteiger partial charge on any atom is -0.493 e. The molecule has 5 nitrogen and oxygen atoms in total. The van der Waals surface area contributed by atoms with Gasteiger partial charge >= 0.3 is 0 Å². The SMILES string of the molecule is C=CCN(c1ccc(C)c(Cl)c1)S(=O)(=O)c1ccc(OC)c(OC)c1. The molecule has 0 aliphatic rings. The molecule has 0 bridgehead atoms. The molecule has 0 saturated carbocycles. The molecule has 0 fully saturated rings. The summed E-state index contributed by atoms with van der Waals surface area (Å²) in [7, 11) is -0.891. The molecule has 0 aromatic heterocycles. The third kappa shape index (κ3) is 3.91. The predicted molar refractivity (Wildman–Crippen MR) is 100 cm³/mol. The maximum Gasteiger partial charge on any atom is 0.264 e. The second kappa shape index (κ2) is 7.80. The molecule has 2 aromatic carbocycles. The molecule has 0 aliphatic heterocycles. The Morgan fingerprint density at radius 2 is 1.80 bits per heavy atom. The second-order valence-electron chi connectivity index (χ2n) is 5.28. The molecular weight excluding hydrogens is 362 g/mol. The van der Waals surface area contributed by atoms with E-state index in [4.69, 9.17) is 21.1 Å². The Morgan fingerprint density at radius 1 is 1.12 bits per heavy atom. The number of nitrogens with zero attached hydrogens (tertiary/aromatic N) is 1. The van der Waals surface area contributed by atoms with Crippen molar-refractivity contribution in [3.05, 3.63) is 59.6 Å². The summed E-state index contributed by atoms with van der Waals surface area (Å²) in [4.78, 5) is 0.0868. The third-order valence-electron chi connectivity index (χ3n) is 3.68. The van der Waals surface area contributed by atoms with Crippen molar-refractivity contribution in [3.8, 4) is 11.5 Å². The van der Waals surface area contributed by atoms with Crippen molar-refractivity contribution in [3.63, 3.8) is 0 Å². The molecule has 0 atom stereocenters. The summed E-state index contributed by atoms with van der Waals surface area (Å²) in [6.45, 7) is 5.61. The van der Waals surface area contributed by atoms with E-state index in [1.807, 2.05) is 6.92 Å². The van der Waals surface area contributed by atoms with Crippen LogP contribution in [0.3, 0.4) is 0 Å². The van der Waals surface area contributed by atoms with Gasteiger partial charge in [-0.15, -0.1) is 6.58 Å². The Bertz CT molecular complexity index is 881. The first kappa shape index (κ1) is 19.1. The maximum absolute atomic E-state index is 13.1. The average Bonchev–Trinajstić information content (AvgIpc) is 2.61. The van der Waals surface area contributed by atoms with Gasteiger partial charge in [-0.1, -0.05) is 23.7 Å². The van der Waals surface area contributed by atoms with E-state index in [0.29, 0.717) is 22.2 Å². The van der Waals surface area contributed by atoms with Gasteiger partial charge in [0.2, 0.25) is 0 Å². The van der Waals surface area contributed by atoms with Crippen LogP contribution in [0, 0.1) is 6.92 Å². The number of anilines is 1. The normalized spacial score (nSPS) is 11.0. The first-order chi connectivity index (χ1) is 11.8. The van der Waals surface area contributed by atoms with Gasteiger partial charge in [0.05, 0.1) is 31.3 Å². The number of sulfonamides is 1. The van der Waals surface area contributed by atoms with Gasteiger partial charge in [-0.2, -0.15) is 0 Å². The van der Waals surface area contributed by atoms with E-state index >= 15 is 0 Å². The summed E-state index contributed by atoms with van der Waals surface area (Å²) in [5.74, 6) is 0.791. The molecule has 0 amide bonds. The van der Waals surface area contributed by atoms with Crippen LogP contribution in [0.1, 0.15) is 5.56 Å². The van der Waals surface area contributed by atoms with Gasteiger partial charge in [-0.05, 0) is 36.8 Å². The van der Waals surface area contributed by atoms with Crippen LogP contribution in [-0.4, -0.2) is 29.2 Å². The van der Waals surface area contributed by atoms with E-state index in [2.05, 4.69) is 6.58 Å². The zero-order chi connectivity index (χ0) is 18.6. The summed E-state index contributed by atoms with van der Waals surface area (Å²) in [6.07, 6.45) is 1.52. The monoisotopic (exact) mass is 381 g/mol. The lowest BCUT2D eigenvalue weighted by atomic mass is 10.2. The lowest BCUT2D eigenvalue weighted by Gasteiger charge is -2.24. The molecule has 0 spiro atoms. The highest BCUT2D eigenvalue weighted by atomic mass is 35.5. The zero-order valence-corrected chi connectivity index (χ0v) is 15.9. The van der Waals surface area contributed by atoms with Crippen LogP contribution in [-0.2, 0) is 10.0 Å². The second-order valence-corrected chi connectivity index (χ2v) is 7.54. The van der Waals surface area contributed by atoms with Crippen molar-refractivity contribution in [2.45, 2.75) is 11.8 Å². The molecule has 2 aromatic rings. The highest BCUT2D eigenvalue weighted by Crippen LogP contribution is 2.33. The molecule has 7 heteroatoms. The van der Waals surface area contributed by atoms with Crippen LogP contribution in [0.15, 0.2) is 53.9 Å². The molecule has 0 aliphatic carbocycles. The topological polar surface area (TPSA) is 55.8 Å². The first-order valence-electron chi connectivity index (χ1n) is 7.47. The van der Waals surface area contributed by atoms with E-state index in [1.165, 1.54) is 36.7 Å². The van der Waals surface area contributed by atoms with Crippen molar-refractivity contribution in [2.75, 3.05) is 25.1 Å². The summed E-state index contributed by atoms with van der Waals surface area (Å²) >= 11 is 6.16. The molecule has 2 rings (SSSR count). The minimum atomic E-state index is -3.84. The molecule has 134 valence electrons. The van der Waals surface area contributed by atoms with Gasteiger partial charge in [-0.25, -0.2) is 8.42 Å². The summed E-state index contributed by atoms with van der Waals surface area (Å²) in [5.41, 5.74) is 1.33. The van der Waals surface area contributed by atoms with Crippen molar-refractivity contribution in [1.82, 2.24) is 0 Å². The molecular formula is C18H20ClNO4S. The molecule has 0 N–H and O–H groups in total. The van der Waals surface area contributed by atoms with E-state index in [0.717, 1.165) is 5.56 Å². The fourth-order valence-electron chi connectivity index (χ4n) is 2.30. The fraction of sp³-hybridized carbons (Fsp3) is 0.222. The fourth-order valence-corrected chi connectivity index (χ4v) is 3.92. The third-order valence-corrected chi connectivity index (χ3v) is 5.88. The Labute approximate surface area is 153 Å². The quantitative estimate of drug-likeness (QED) is 0.679. The van der Waals surface area contributed by atoms with Crippen molar-refractivity contribution in [1.29, 1.82) is 0 Å². The standard InChI is InChI=1S/C18H20ClNO4S/c1-5-10-20(14-7-6-13(2)16(19)11-14)25(21,22)15-8-9-17(23-3)18(12-15)24-4/h5-9,11-12H,1,10H2,2-4H3. The highest BCUT2D eigenvalue weighted by Gasteiger charge is 2.25. The Kier molecular flexibility index (Phi) is 5.98. The van der Waals surface area contributed by atoms with Gasteiger partial charge in [0.15, 0.2) is 11.5 Å². The van der Waals surface area contributed by atoms with E-state index < -0.39 is 10.0 Å². The molecule has 0 saturated heterocycles. The van der Waals surface area contributed by atoms with Gasteiger partial charge in [0.1, 0.15) is 0 Å². The Balaban J connectivity index is 2.56. The smallest absolute Gasteiger partial charge is 0.264 e. The Hall–Kier alpha value is -2.18. The number of ether oxygens (including phenoxy) is 2. The lowest BCUT2D eigenvalue weighted by molar-refractivity contribution is 0.354. The number of aryl methyl sites for hydroxylation is 1. The highest BCUT2D eigenvalue weighted by molar-refractivity contribution is 7.92. The number of halogens is 1. The molecule has 25 heavy (non-hydrogen) atoms. The van der Waals surface area contributed by atoms with Gasteiger partial charge in [-0.3, -0.25) is 4.31 Å². The zero-order valence-electron chi connectivity index (χ0n) is 14.3. The van der Waals surface area contributed by atoms with Gasteiger partial charge < -0.3 is 9.47 Å². The van der Waals surface area contributed by atoms with Crippen LogP contribution in [0.25, 0.3) is 0 Å². The molecule has 0 heterocycles. The first-order valence-corrected chi connectivity index (χ1v) is 9.28. The summed E-state index contributed by atoms with van der Waals surface area (Å²) < 4.78 is 37.9. The number of rotatable bonds is 7. The molecule has 0 unspecified atom stereocenters. The predicted octanol–water partition coefficient (Wildman–Crippen LogP) is 4.05. The van der Waals surface area contributed by atoms with Gasteiger partial charge in [0.25, 0.3) is 10.0 Å². The van der Waals surface area contributed by atoms with Crippen LogP contribution in [0.5, 0.6) is 11.5 Å². The minimum absolute atomic E-state index is 0.0868. The van der Waals surface area contributed by atoms with Gasteiger partial charge in [0, 0.05) is 11.1 Å². The maximum atomic E-state index is 13.1. The number of hydrogen-bond donors (Lipinski definition) is 0.